The summed E-state index contributed by atoms with van der Waals surface area (Å²) in [7, 11) is 0. The first-order chi connectivity index (χ1) is 9.79. The minimum Gasteiger partial charge on any atom is -0.481 e. The van der Waals surface area contributed by atoms with E-state index in [2.05, 4.69) is 13.0 Å². The molecule has 4 bridgehead atoms. The topological polar surface area (TPSA) is 54.4 Å². The predicted molar refractivity (Wildman–Crippen MR) is 78.6 cm³/mol. The van der Waals surface area contributed by atoms with Crippen molar-refractivity contribution in [3.8, 4) is 0 Å². The Bertz CT molecular complexity index is 565. The van der Waals surface area contributed by atoms with Gasteiger partial charge < -0.3 is 5.11 Å². The number of carboxylic acid groups (broad SMARTS) is 1. The van der Waals surface area contributed by atoms with E-state index in [9.17, 15) is 9.59 Å². The summed E-state index contributed by atoms with van der Waals surface area (Å²) in [6.07, 6.45) is 9.53. The molecular formula is C18H24O3. The summed E-state index contributed by atoms with van der Waals surface area (Å²) in [5.74, 6) is 1.19. The molecule has 4 saturated carbocycles. The number of ketones is 1. The van der Waals surface area contributed by atoms with Gasteiger partial charge in [-0.05, 0) is 66.8 Å². The van der Waals surface area contributed by atoms with Gasteiger partial charge in [0.15, 0.2) is 5.78 Å². The lowest BCUT2D eigenvalue weighted by atomic mass is 9.47. The maximum Gasteiger partial charge on any atom is 0.303 e. The molecule has 5 aliphatic carbocycles. The van der Waals surface area contributed by atoms with Crippen LogP contribution in [0.4, 0.5) is 0 Å². The average Bonchev–Trinajstić information content (AvgIpc) is 2.75. The van der Waals surface area contributed by atoms with Gasteiger partial charge in [-0.15, -0.1) is 0 Å². The molecule has 3 heteroatoms. The zero-order valence-electron chi connectivity index (χ0n) is 12.9. The van der Waals surface area contributed by atoms with Crippen molar-refractivity contribution in [1.29, 1.82) is 0 Å². The van der Waals surface area contributed by atoms with E-state index >= 15 is 0 Å². The molecule has 4 fully saturated rings. The van der Waals surface area contributed by atoms with Crippen LogP contribution in [-0.4, -0.2) is 16.9 Å². The SMILES string of the molecule is CC12CC3CC1CC1(C=CC(=O)[C@@](C)(CCC(=O)O)C31)C2. The van der Waals surface area contributed by atoms with Gasteiger partial charge in [0.1, 0.15) is 0 Å². The van der Waals surface area contributed by atoms with E-state index < -0.39 is 11.4 Å². The van der Waals surface area contributed by atoms with Crippen molar-refractivity contribution in [3.05, 3.63) is 12.2 Å². The lowest BCUT2D eigenvalue weighted by Gasteiger charge is -2.55. The van der Waals surface area contributed by atoms with Crippen LogP contribution >= 0.6 is 0 Å². The molecule has 3 nitrogen and oxygen atoms in total. The van der Waals surface area contributed by atoms with Gasteiger partial charge in [-0.25, -0.2) is 0 Å². The highest BCUT2D eigenvalue weighted by atomic mass is 16.4. The van der Waals surface area contributed by atoms with E-state index in [1.807, 2.05) is 6.92 Å². The third kappa shape index (κ3) is 1.55. The first-order valence-electron chi connectivity index (χ1n) is 8.25. The van der Waals surface area contributed by atoms with Crippen LogP contribution in [0.5, 0.6) is 0 Å². The smallest absolute Gasteiger partial charge is 0.303 e. The van der Waals surface area contributed by atoms with E-state index in [0.717, 1.165) is 5.92 Å². The minimum atomic E-state index is -0.786. The van der Waals surface area contributed by atoms with Crippen LogP contribution in [0.1, 0.15) is 52.4 Å². The standard InChI is InChI=1S/C18H24O3/c1-16-8-11-7-12(16)9-18(10-16)6-3-13(19)17(2,15(11)18)5-4-14(20)21/h3,6,11-12,15H,4-5,7-10H2,1-2H3,(H,20,21)/t11?,12?,15?,16?,17-,18?/m1/s1. The van der Waals surface area contributed by atoms with Crippen molar-refractivity contribution < 1.29 is 14.7 Å². The predicted octanol–water partition coefficient (Wildman–Crippen LogP) is 3.44. The molecule has 0 amide bonds. The maximum absolute atomic E-state index is 12.6. The molecule has 0 aromatic rings. The van der Waals surface area contributed by atoms with E-state index in [4.69, 9.17) is 5.11 Å². The average molecular weight is 288 g/mol. The largest absolute Gasteiger partial charge is 0.481 e. The third-order valence-corrected chi connectivity index (χ3v) is 7.43. The lowest BCUT2D eigenvalue weighted by molar-refractivity contribution is -0.142. The first-order valence-corrected chi connectivity index (χ1v) is 8.25. The summed E-state index contributed by atoms with van der Waals surface area (Å²) < 4.78 is 0. The fourth-order valence-electron chi connectivity index (χ4n) is 6.90. The van der Waals surface area contributed by atoms with Crippen LogP contribution < -0.4 is 0 Å². The summed E-state index contributed by atoms with van der Waals surface area (Å²) in [6, 6.07) is 0. The van der Waals surface area contributed by atoms with Gasteiger partial charge in [0.2, 0.25) is 0 Å². The van der Waals surface area contributed by atoms with Gasteiger partial charge in [0.05, 0.1) is 0 Å². The number of allylic oxidation sites excluding steroid dienone is 2. The molecule has 5 unspecified atom stereocenters. The number of aliphatic carboxylic acids is 1. The molecule has 0 saturated heterocycles. The van der Waals surface area contributed by atoms with Crippen molar-refractivity contribution in [2.24, 2.45) is 34.0 Å². The molecule has 0 aliphatic heterocycles. The minimum absolute atomic E-state index is 0.107. The molecule has 6 atom stereocenters. The normalized spacial score (nSPS) is 53.2. The maximum atomic E-state index is 12.6. The van der Waals surface area contributed by atoms with Crippen LogP contribution in [0, 0.1) is 34.0 Å². The molecule has 5 aliphatic rings. The van der Waals surface area contributed by atoms with Crippen LogP contribution in [0.3, 0.4) is 0 Å². The van der Waals surface area contributed by atoms with Gasteiger partial charge in [-0.2, -0.15) is 0 Å². The number of hydrogen-bond donors (Lipinski definition) is 1. The van der Waals surface area contributed by atoms with E-state index in [1.165, 1.54) is 25.7 Å². The number of hydrogen-bond acceptors (Lipinski definition) is 2. The van der Waals surface area contributed by atoms with E-state index in [0.29, 0.717) is 23.7 Å². The Morgan fingerprint density at radius 2 is 2.14 bits per heavy atom. The van der Waals surface area contributed by atoms with Gasteiger partial charge >= 0.3 is 5.97 Å². The molecule has 1 spiro atoms. The Hall–Kier alpha value is -1.12. The van der Waals surface area contributed by atoms with Crippen LogP contribution in [0.15, 0.2) is 12.2 Å². The summed E-state index contributed by atoms with van der Waals surface area (Å²) in [5, 5.41) is 9.06. The highest BCUT2D eigenvalue weighted by molar-refractivity contribution is 5.96. The summed E-state index contributed by atoms with van der Waals surface area (Å²) in [5.41, 5.74) is 0.190. The summed E-state index contributed by atoms with van der Waals surface area (Å²) in [6.45, 7) is 4.48. The second-order valence-corrected chi connectivity index (χ2v) is 8.65. The van der Waals surface area contributed by atoms with Crippen LogP contribution in [0.25, 0.3) is 0 Å². The number of rotatable bonds is 3. The Labute approximate surface area is 125 Å². The summed E-state index contributed by atoms with van der Waals surface area (Å²) in [4.78, 5) is 23.6. The quantitative estimate of drug-likeness (QED) is 0.865. The number of carboxylic acids is 1. The lowest BCUT2D eigenvalue weighted by Crippen LogP contribution is -2.53. The third-order valence-electron chi connectivity index (χ3n) is 7.43. The second-order valence-electron chi connectivity index (χ2n) is 8.65. The Morgan fingerprint density at radius 1 is 1.38 bits per heavy atom. The molecule has 0 aromatic heterocycles. The number of carbonyl (C=O) groups is 2. The van der Waals surface area contributed by atoms with Crippen molar-refractivity contribution in [2.75, 3.05) is 0 Å². The Morgan fingerprint density at radius 3 is 2.81 bits per heavy atom. The van der Waals surface area contributed by atoms with Gasteiger partial charge in [-0.3, -0.25) is 9.59 Å². The van der Waals surface area contributed by atoms with E-state index in [-0.39, 0.29) is 17.6 Å². The fraction of sp³-hybridized carbons (Fsp3) is 0.778. The molecule has 0 radical (unpaired) electrons. The monoisotopic (exact) mass is 288 g/mol. The van der Waals surface area contributed by atoms with Crippen molar-refractivity contribution in [1.82, 2.24) is 0 Å². The van der Waals surface area contributed by atoms with Crippen LogP contribution in [-0.2, 0) is 9.59 Å². The first kappa shape index (κ1) is 13.5. The highest BCUT2D eigenvalue weighted by Gasteiger charge is 2.70. The van der Waals surface area contributed by atoms with Gasteiger partial charge in [0.25, 0.3) is 0 Å². The van der Waals surface area contributed by atoms with Crippen molar-refractivity contribution >= 4 is 11.8 Å². The zero-order chi connectivity index (χ0) is 15.0. The van der Waals surface area contributed by atoms with E-state index in [1.54, 1.807) is 6.08 Å². The molecule has 1 N–H and O–H groups in total. The summed E-state index contributed by atoms with van der Waals surface area (Å²) >= 11 is 0. The van der Waals surface area contributed by atoms with Crippen molar-refractivity contribution in [2.45, 2.75) is 52.4 Å². The second kappa shape index (κ2) is 3.80. The number of carbonyl (C=O) groups excluding carboxylic acids is 1. The fourth-order valence-corrected chi connectivity index (χ4v) is 6.90. The molecule has 0 heterocycles. The Balaban J connectivity index is 1.75. The Kier molecular flexibility index (Phi) is 2.45. The van der Waals surface area contributed by atoms with Crippen LogP contribution in [0.2, 0.25) is 0 Å². The highest BCUT2D eigenvalue weighted by Crippen LogP contribution is 2.76. The van der Waals surface area contributed by atoms with Gasteiger partial charge in [-0.1, -0.05) is 19.9 Å². The zero-order valence-corrected chi connectivity index (χ0v) is 12.9. The molecular weight excluding hydrogens is 264 g/mol. The molecule has 114 valence electrons. The van der Waals surface area contributed by atoms with Crippen molar-refractivity contribution in [3.63, 3.8) is 0 Å². The molecule has 0 aromatic carbocycles. The van der Waals surface area contributed by atoms with Gasteiger partial charge in [0, 0.05) is 11.8 Å². The molecule has 21 heavy (non-hydrogen) atoms. The molecule has 5 rings (SSSR count).